The maximum absolute atomic E-state index is 2.51. The summed E-state index contributed by atoms with van der Waals surface area (Å²) in [7, 11) is -0.268. The van der Waals surface area contributed by atoms with E-state index in [2.05, 4.69) is 121 Å². The van der Waals surface area contributed by atoms with Gasteiger partial charge in [0.2, 0.25) is 0 Å². The lowest BCUT2D eigenvalue weighted by Crippen LogP contribution is -1.99. The highest BCUT2D eigenvalue weighted by Crippen LogP contribution is 2.46. The van der Waals surface area contributed by atoms with Crippen LogP contribution in [0.15, 0.2) is 121 Å². The van der Waals surface area contributed by atoms with Gasteiger partial charge in [-0.05, 0) is 78.1 Å². The van der Waals surface area contributed by atoms with Crippen LogP contribution < -0.4 is 0 Å². The van der Waals surface area contributed by atoms with E-state index >= 15 is 0 Å². The predicted octanol–water partition coefficient (Wildman–Crippen LogP) is 8.18. The molecule has 0 unspecified atom stereocenters. The lowest BCUT2D eigenvalue weighted by molar-refractivity contribution is 1.37. The van der Waals surface area contributed by atoms with Crippen LogP contribution >= 0.6 is 0 Å². The smallest absolute Gasteiger partial charge is 0.0297 e. The standard InChI is InChI=1S/C34H26Si/c1-3-11-23(12-4-1)31-19-25-21-35-22-26-20-32(24-13-5-2-6-14-24)28-16-8-10-18-30(28)34(26)33(25)29-17-9-7-15-27(29)31/h1-20H,21-22,35H2. The van der Waals surface area contributed by atoms with E-state index in [-0.39, 0.29) is 9.52 Å². The number of hydrogen-bond acceptors (Lipinski definition) is 0. The Hall–Kier alpha value is -3.94. The van der Waals surface area contributed by atoms with Crippen LogP contribution in [0.4, 0.5) is 0 Å². The van der Waals surface area contributed by atoms with Gasteiger partial charge in [-0.2, -0.15) is 0 Å². The Kier molecular flexibility index (Phi) is 4.89. The molecule has 7 rings (SSSR count). The third-order valence-electron chi connectivity index (χ3n) is 7.56. The Morgan fingerprint density at radius 1 is 0.400 bits per heavy atom. The number of fused-ring (bicyclic) bond motifs is 7. The molecule has 35 heavy (non-hydrogen) atoms. The van der Waals surface area contributed by atoms with Crippen molar-refractivity contribution in [1.29, 1.82) is 0 Å². The predicted molar refractivity (Wildman–Crippen MR) is 154 cm³/mol. The quantitative estimate of drug-likeness (QED) is 0.228. The minimum absolute atomic E-state index is 0.268. The zero-order valence-electron chi connectivity index (χ0n) is 19.7. The molecule has 0 bridgehead atoms. The van der Waals surface area contributed by atoms with Crippen molar-refractivity contribution in [2.45, 2.75) is 12.1 Å². The highest BCUT2D eigenvalue weighted by atomic mass is 28.2. The fourth-order valence-corrected chi connectivity index (χ4v) is 7.76. The molecule has 1 heteroatoms. The molecule has 0 spiro atoms. The molecule has 0 fully saturated rings. The van der Waals surface area contributed by atoms with E-state index in [0.29, 0.717) is 0 Å². The van der Waals surface area contributed by atoms with Crippen LogP contribution in [0.2, 0.25) is 0 Å². The van der Waals surface area contributed by atoms with E-state index in [1.807, 2.05) is 0 Å². The minimum Gasteiger partial charge on any atom is -0.0622 e. The van der Waals surface area contributed by atoms with Crippen molar-refractivity contribution in [3.05, 3.63) is 132 Å². The molecule has 0 N–H and O–H groups in total. The molecule has 1 heterocycles. The van der Waals surface area contributed by atoms with Gasteiger partial charge in [-0.3, -0.25) is 0 Å². The Balaban J connectivity index is 1.60. The third-order valence-corrected chi connectivity index (χ3v) is 9.35. The van der Waals surface area contributed by atoms with Crippen molar-refractivity contribution >= 4 is 31.1 Å². The molecule has 0 radical (unpaired) electrons. The van der Waals surface area contributed by atoms with Crippen molar-refractivity contribution in [3.8, 4) is 33.4 Å². The summed E-state index contributed by atoms with van der Waals surface area (Å²) < 4.78 is 0. The number of hydrogen-bond donors (Lipinski definition) is 0. The molecule has 166 valence electrons. The van der Waals surface area contributed by atoms with Crippen molar-refractivity contribution in [2.75, 3.05) is 0 Å². The molecular weight excluding hydrogens is 436 g/mol. The number of rotatable bonds is 2. The van der Waals surface area contributed by atoms with Gasteiger partial charge in [0, 0.05) is 9.52 Å². The van der Waals surface area contributed by atoms with E-state index in [9.17, 15) is 0 Å². The summed E-state index contributed by atoms with van der Waals surface area (Å²) >= 11 is 0. The first kappa shape index (κ1) is 20.4. The molecule has 0 saturated carbocycles. The summed E-state index contributed by atoms with van der Waals surface area (Å²) in [6, 6.07) is 47.4. The van der Waals surface area contributed by atoms with Gasteiger partial charge in [0.05, 0.1) is 0 Å². The summed E-state index contributed by atoms with van der Waals surface area (Å²) in [5, 5.41) is 5.48. The lowest BCUT2D eigenvalue weighted by atomic mass is 9.83. The Bertz CT molecular complexity index is 1570. The largest absolute Gasteiger partial charge is 0.0622 e. The lowest BCUT2D eigenvalue weighted by Gasteiger charge is -2.20. The van der Waals surface area contributed by atoms with Crippen LogP contribution in [-0.4, -0.2) is 9.52 Å². The monoisotopic (exact) mass is 462 g/mol. The summed E-state index contributed by atoms with van der Waals surface area (Å²) in [5.74, 6) is 0. The first-order chi connectivity index (χ1) is 17.4. The number of benzene rings is 6. The van der Waals surface area contributed by atoms with Crippen molar-refractivity contribution in [3.63, 3.8) is 0 Å². The average Bonchev–Trinajstić information content (AvgIpc) is 3.12. The van der Waals surface area contributed by atoms with Crippen molar-refractivity contribution in [1.82, 2.24) is 0 Å². The summed E-state index contributed by atoms with van der Waals surface area (Å²) in [5.41, 5.74) is 11.3. The Morgan fingerprint density at radius 3 is 1.20 bits per heavy atom. The van der Waals surface area contributed by atoms with Gasteiger partial charge in [-0.15, -0.1) is 0 Å². The maximum Gasteiger partial charge on any atom is 0.0297 e. The van der Waals surface area contributed by atoms with E-state index in [1.54, 1.807) is 0 Å². The van der Waals surface area contributed by atoms with Crippen LogP contribution in [0.1, 0.15) is 11.1 Å². The highest BCUT2D eigenvalue weighted by molar-refractivity contribution is 6.36. The topological polar surface area (TPSA) is 0 Å². The molecule has 0 atom stereocenters. The van der Waals surface area contributed by atoms with E-state index < -0.39 is 0 Å². The highest BCUT2D eigenvalue weighted by Gasteiger charge is 2.23. The zero-order chi connectivity index (χ0) is 23.2. The van der Waals surface area contributed by atoms with Crippen LogP contribution in [0.5, 0.6) is 0 Å². The molecular formula is C34H26Si. The van der Waals surface area contributed by atoms with Gasteiger partial charge in [0.1, 0.15) is 0 Å². The fraction of sp³-hybridized carbons (Fsp3) is 0.0588. The maximum atomic E-state index is 2.51. The van der Waals surface area contributed by atoms with E-state index in [4.69, 9.17) is 0 Å². The first-order valence-corrected chi connectivity index (χ1v) is 14.6. The Morgan fingerprint density at radius 2 is 0.771 bits per heavy atom. The molecule has 0 aliphatic carbocycles. The average molecular weight is 463 g/mol. The SMILES string of the molecule is c1ccc(-c2cc3c(c4ccccc24)-c2c(cc(-c4ccccc4)c4ccccc24)C[SiH2]C3)cc1. The van der Waals surface area contributed by atoms with E-state index in [1.165, 1.54) is 78.1 Å². The molecule has 1 aliphatic heterocycles. The second-order valence-corrected chi connectivity index (χ2v) is 11.3. The first-order valence-electron chi connectivity index (χ1n) is 12.6. The summed E-state index contributed by atoms with van der Waals surface area (Å²) in [4.78, 5) is 0. The van der Waals surface area contributed by atoms with Gasteiger partial charge in [-0.1, -0.05) is 121 Å². The van der Waals surface area contributed by atoms with Crippen LogP contribution in [0.3, 0.4) is 0 Å². The second kappa shape index (κ2) is 8.37. The van der Waals surface area contributed by atoms with Crippen LogP contribution in [0.25, 0.3) is 54.9 Å². The molecule has 0 nitrogen and oxygen atoms in total. The summed E-state index contributed by atoms with van der Waals surface area (Å²) in [6.07, 6.45) is 0. The Labute approximate surface area is 208 Å². The van der Waals surface area contributed by atoms with Gasteiger partial charge < -0.3 is 0 Å². The fourth-order valence-electron chi connectivity index (χ4n) is 6.03. The van der Waals surface area contributed by atoms with Crippen molar-refractivity contribution in [2.24, 2.45) is 0 Å². The minimum atomic E-state index is -0.268. The third kappa shape index (κ3) is 3.35. The zero-order valence-corrected chi connectivity index (χ0v) is 21.1. The van der Waals surface area contributed by atoms with Gasteiger partial charge >= 0.3 is 0 Å². The summed E-state index contributed by atoms with van der Waals surface area (Å²) in [6.45, 7) is 0. The van der Waals surface area contributed by atoms with Gasteiger partial charge in [-0.25, -0.2) is 0 Å². The van der Waals surface area contributed by atoms with Gasteiger partial charge in [0.15, 0.2) is 0 Å². The molecule has 6 aromatic carbocycles. The van der Waals surface area contributed by atoms with Crippen molar-refractivity contribution < 1.29 is 0 Å². The molecule has 0 amide bonds. The normalized spacial score (nSPS) is 12.8. The molecule has 0 saturated heterocycles. The van der Waals surface area contributed by atoms with Crippen LogP contribution in [0, 0.1) is 0 Å². The second-order valence-electron chi connectivity index (χ2n) is 9.59. The molecule has 0 aromatic heterocycles. The van der Waals surface area contributed by atoms with Gasteiger partial charge in [0.25, 0.3) is 0 Å². The van der Waals surface area contributed by atoms with Crippen LogP contribution in [-0.2, 0) is 12.1 Å². The molecule has 6 aromatic rings. The molecule has 1 aliphatic rings. The van der Waals surface area contributed by atoms with E-state index in [0.717, 1.165) is 0 Å².